The monoisotopic (exact) mass is 414 g/mol. The molecule has 0 spiro atoms. The van der Waals surface area contributed by atoms with Crippen LogP contribution in [0.1, 0.15) is 57.3 Å². The zero-order valence-electron chi connectivity index (χ0n) is 18.2. The van der Waals surface area contributed by atoms with Crippen molar-refractivity contribution in [2.75, 3.05) is 26.3 Å². The average molecular weight is 415 g/mol. The third kappa shape index (κ3) is 4.14. The molecular formula is C22H30N4O4. The van der Waals surface area contributed by atoms with Crippen molar-refractivity contribution >= 4 is 22.8 Å². The molecule has 0 radical (unpaired) electrons. The number of likely N-dealkylation sites (tertiary alicyclic amines) is 1. The van der Waals surface area contributed by atoms with Gasteiger partial charge in [-0.3, -0.25) is 9.55 Å². The van der Waals surface area contributed by atoms with E-state index < -0.39 is 5.60 Å². The first-order chi connectivity index (χ1) is 14.2. The van der Waals surface area contributed by atoms with Crippen molar-refractivity contribution in [2.24, 2.45) is 0 Å². The topological polar surface area (TPSA) is 89.5 Å². The van der Waals surface area contributed by atoms with Gasteiger partial charge in [-0.2, -0.15) is 0 Å². The van der Waals surface area contributed by atoms with Crippen molar-refractivity contribution in [1.82, 2.24) is 19.4 Å². The highest BCUT2D eigenvalue weighted by Crippen LogP contribution is 2.29. The normalized spacial score (nSPS) is 18.5. The van der Waals surface area contributed by atoms with Crippen LogP contribution in [-0.2, 0) is 9.47 Å². The zero-order chi connectivity index (χ0) is 21.5. The van der Waals surface area contributed by atoms with Gasteiger partial charge in [-0.05, 0) is 58.6 Å². The summed E-state index contributed by atoms with van der Waals surface area (Å²) in [5.74, 6) is 0. The second-order valence-electron chi connectivity index (χ2n) is 9.04. The van der Waals surface area contributed by atoms with Crippen molar-refractivity contribution in [3.05, 3.63) is 33.9 Å². The Labute approximate surface area is 175 Å². The van der Waals surface area contributed by atoms with Gasteiger partial charge in [0.25, 0.3) is 0 Å². The van der Waals surface area contributed by atoms with E-state index in [9.17, 15) is 9.59 Å². The molecule has 0 saturated carbocycles. The Morgan fingerprint density at radius 2 is 2.03 bits per heavy atom. The van der Waals surface area contributed by atoms with Crippen LogP contribution in [-0.4, -0.2) is 57.4 Å². The molecule has 2 aliphatic heterocycles. The lowest BCUT2D eigenvalue weighted by Gasteiger charge is -2.33. The van der Waals surface area contributed by atoms with E-state index >= 15 is 0 Å². The molecule has 1 saturated heterocycles. The number of rotatable bonds is 2. The number of aromatic amines is 1. The third-order valence-electron chi connectivity index (χ3n) is 5.69. The third-order valence-corrected chi connectivity index (χ3v) is 5.69. The van der Waals surface area contributed by atoms with Crippen LogP contribution in [0.2, 0.25) is 0 Å². The fourth-order valence-corrected chi connectivity index (χ4v) is 4.23. The lowest BCUT2D eigenvalue weighted by atomic mass is 9.99. The lowest BCUT2D eigenvalue weighted by molar-refractivity contribution is 0.0189. The number of aryl methyl sites for hydroxylation is 1. The molecule has 0 atom stereocenters. The van der Waals surface area contributed by atoms with Crippen molar-refractivity contribution < 1.29 is 14.3 Å². The molecule has 4 heterocycles. The Balaban J connectivity index is 1.59. The first-order valence-corrected chi connectivity index (χ1v) is 10.6. The van der Waals surface area contributed by atoms with Crippen molar-refractivity contribution in [3.63, 3.8) is 0 Å². The number of nitrogens with one attached hydrogen (secondary N) is 1. The molecule has 0 bridgehead atoms. The van der Waals surface area contributed by atoms with Crippen LogP contribution in [0, 0.1) is 6.92 Å². The smallest absolute Gasteiger partial charge is 0.410 e. The summed E-state index contributed by atoms with van der Waals surface area (Å²) in [6.45, 7) is 10.00. The van der Waals surface area contributed by atoms with Gasteiger partial charge in [0.2, 0.25) is 0 Å². The molecule has 8 nitrogen and oxygen atoms in total. The fourth-order valence-electron chi connectivity index (χ4n) is 4.23. The van der Waals surface area contributed by atoms with Gasteiger partial charge in [0.1, 0.15) is 5.60 Å². The number of ether oxygens (including phenoxy) is 2. The minimum absolute atomic E-state index is 0.0194. The Morgan fingerprint density at radius 3 is 2.67 bits per heavy atom. The molecule has 1 amide bonds. The van der Waals surface area contributed by atoms with Gasteiger partial charge in [0.15, 0.2) is 5.65 Å². The highest BCUT2D eigenvalue weighted by atomic mass is 16.6. The second kappa shape index (κ2) is 7.91. The average Bonchev–Trinajstić information content (AvgIpc) is 3.01. The Kier molecular flexibility index (Phi) is 5.44. The number of carbonyl (C=O) groups excluding carboxylic acids is 1. The molecule has 2 aromatic heterocycles. The predicted molar refractivity (Wildman–Crippen MR) is 115 cm³/mol. The number of fused-ring (bicyclic) bond motifs is 1. The van der Waals surface area contributed by atoms with Gasteiger partial charge in [0.05, 0.1) is 18.7 Å². The molecule has 0 aliphatic carbocycles. The minimum atomic E-state index is -0.513. The highest BCUT2D eigenvalue weighted by molar-refractivity contribution is 5.79. The number of imidazole rings is 1. The number of aromatic nitrogens is 3. The quantitative estimate of drug-likeness (QED) is 0.813. The summed E-state index contributed by atoms with van der Waals surface area (Å²) < 4.78 is 12.7. The van der Waals surface area contributed by atoms with Gasteiger partial charge in [-0.15, -0.1) is 0 Å². The standard InChI is InChI=1S/C22H30N4O4/c1-14-17(15-7-11-29-12-8-15)13-18-19(23-14)24-20(27)26(18)16-5-9-25(10-6-16)21(28)30-22(2,3)4/h7,13,16H,5-6,8-12H2,1-4H3,(H,23,24,27). The van der Waals surface area contributed by atoms with E-state index in [0.29, 0.717) is 44.8 Å². The number of nitrogens with zero attached hydrogens (tertiary/aromatic N) is 3. The van der Waals surface area contributed by atoms with Crippen molar-refractivity contribution in [2.45, 2.75) is 58.6 Å². The van der Waals surface area contributed by atoms with E-state index in [1.54, 1.807) is 4.90 Å². The highest BCUT2D eigenvalue weighted by Gasteiger charge is 2.29. The molecule has 0 aromatic carbocycles. The van der Waals surface area contributed by atoms with Gasteiger partial charge in [-0.25, -0.2) is 14.6 Å². The molecule has 4 rings (SSSR count). The van der Waals surface area contributed by atoms with Crippen molar-refractivity contribution in [3.8, 4) is 0 Å². The van der Waals surface area contributed by atoms with Crippen molar-refractivity contribution in [1.29, 1.82) is 0 Å². The first kappa shape index (κ1) is 20.7. The summed E-state index contributed by atoms with van der Waals surface area (Å²) in [4.78, 5) is 34.4. The molecule has 1 fully saturated rings. The maximum Gasteiger partial charge on any atom is 0.410 e. The molecule has 2 aliphatic rings. The maximum atomic E-state index is 12.8. The summed E-state index contributed by atoms with van der Waals surface area (Å²) in [7, 11) is 0. The van der Waals surface area contributed by atoms with E-state index in [1.165, 1.54) is 5.57 Å². The van der Waals surface area contributed by atoms with E-state index in [2.05, 4.69) is 22.1 Å². The SMILES string of the molecule is Cc1nc2[nH]c(=O)n(C3CCN(C(=O)OC(C)(C)C)CC3)c2cc1C1=CCOCC1. The lowest BCUT2D eigenvalue weighted by Crippen LogP contribution is -2.43. The van der Waals surface area contributed by atoms with E-state index in [-0.39, 0.29) is 17.8 Å². The minimum Gasteiger partial charge on any atom is -0.444 e. The maximum absolute atomic E-state index is 12.8. The summed E-state index contributed by atoms with van der Waals surface area (Å²) >= 11 is 0. The number of hydrogen-bond donors (Lipinski definition) is 1. The second-order valence-corrected chi connectivity index (χ2v) is 9.04. The van der Waals surface area contributed by atoms with Crippen LogP contribution in [0.5, 0.6) is 0 Å². The molecular weight excluding hydrogens is 384 g/mol. The fraction of sp³-hybridized carbons (Fsp3) is 0.591. The van der Waals surface area contributed by atoms with Gasteiger partial charge >= 0.3 is 11.8 Å². The van der Waals surface area contributed by atoms with Crippen LogP contribution in [0.25, 0.3) is 16.7 Å². The number of H-pyrrole nitrogens is 1. The zero-order valence-corrected chi connectivity index (χ0v) is 18.2. The number of amides is 1. The van der Waals surface area contributed by atoms with Gasteiger partial charge in [0, 0.05) is 30.4 Å². The number of carbonyl (C=O) groups is 1. The summed E-state index contributed by atoms with van der Waals surface area (Å²) in [5, 5.41) is 0. The van der Waals surface area contributed by atoms with Crippen LogP contribution in [0.4, 0.5) is 4.79 Å². The molecule has 1 N–H and O–H groups in total. The largest absolute Gasteiger partial charge is 0.444 e. The van der Waals surface area contributed by atoms with E-state index in [0.717, 1.165) is 23.2 Å². The Morgan fingerprint density at radius 1 is 1.30 bits per heavy atom. The Bertz CT molecular complexity index is 1040. The first-order valence-electron chi connectivity index (χ1n) is 10.6. The van der Waals surface area contributed by atoms with Gasteiger partial charge in [-0.1, -0.05) is 6.08 Å². The summed E-state index contributed by atoms with van der Waals surface area (Å²) in [6.07, 6.45) is 4.04. The van der Waals surface area contributed by atoms with E-state index in [1.807, 2.05) is 32.3 Å². The Hall–Kier alpha value is -2.61. The van der Waals surface area contributed by atoms with Crippen LogP contribution >= 0.6 is 0 Å². The van der Waals surface area contributed by atoms with Gasteiger partial charge < -0.3 is 14.4 Å². The predicted octanol–water partition coefficient (Wildman–Crippen LogP) is 3.41. The molecule has 8 heteroatoms. The van der Waals surface area contributed by atoms with Crippen LogP contribution < -0.4 is 5.69 Å². The van der Waals surface area contributed by atoms with Crippen LogP contribution in [0.15, 0.2) is 16.9 Å². The molecule has 2 aromatic rings. The van der Waals surface area contributed by atoms with Crippen LogP contribution in [0.3, 0.4) is 0 Å². The summed E-state index contributed by atoms with van der Waals surface area (Å²) in [5.41, 5.74) is 3.97. The number of piperidine rings is 1. The molecule has 0 unspecified atom stereocenters. The number of pyridine rings is 1. The summed E-state index contributed by atoms with van der Waals surface area (Å²) in [6, 6.07) is 2.10. The molecule has 162 valence electrons. The van der Waals surface area contributed by atoms with E-state index in [4.69, 9.17) is 9.47 Å². The number of hydrogen-bond acceptors (Lipinski definition) is 5. The molecule has 30 heavy (non-hydrogen) atoms.